The first-order valence-electron chi connectivity index (χ1n) is 23.5. The minimum Gasteiger partial charge on any atom is -0.462 e. The van der Waals surface area contributed by atoms with Crippen molar-refractivity contribution in [2.75, 3.05) is 26.4 Å². The van der Waals surface area contributed by atoms with Gasteiger partial charge in [0.15, 0.2) is 0 Å². The monoisotopic (exact) mass is 935 g/mol. The van der Waals surface area contributed by atoms with Crippen LogP contribution in [0.15, 0.2) is 23.8 Å². The minimum atomic E-state index is -0.971. The van der Waals surface area contributed by atoms with Crippen LogP contribution < -0.4 is 0 Å². The molecule has 6 unspecified atom stereocenters. The molecule has 374 valence electrons. The maximum atomic E-state index is 13.5. The van der Waals surface area contributed by atoms with Gasteiger partial charge in [0.2, 0.25) is 0 Å². The summed E-state index contributed by atoms with van der Waals surface area (Å²) in [4.78, 5) is 105. The first-order chi connectivity index (χ1) is 30.6. The van der Waals surface area contributed by atoms with Crippen LogP contribution in [-0.4, -0.2) is 96.6 Å². The smallest absolute Gasteiger partial charge is 0.333 e. The zero-order chi connectivity index (χ0) is 50.2. The molecule has 66 heavy (non-hydrogen) atoms. The zero-order valence-electron chi connectivity index (χ0n) is 41.9. The van der Waals surface area contributed by atoms with Gasteiger partial charge in [0.1, 0.15) is 48.8 Å². The Balaban J connectivity index is 1.98. The molecule has 0 saturated heterocycles. The van der Waals surface area contributed by atoms with E-state index in [4.69, 9.17) is 37.9 Å². The summed E-state index contributed by atoms with van der Waals surface area (Å²) in [5.41, 5.74) is -2.71. The minimum absolute atomic E-state index is 0.00981. The van der Waals surface area contributed by atoms with E-state index in [1.807, 2.05) is 34.6 Å². The summed E-state index contributed by atoms with van der Waals surface area (Å²) < 4.78 is 44.3. The lowest BCUT2D eigenvalue weighted by atomic mass is 9.73. The van der Waals surface area contributed by atoms with Crippen molar-refractivity contribution in [1.29, 1.82) is 0 Å². The Morgan fingerprint density at radius 2 is 0.818 bits per heavy atom. The summed E-state index contributed by atoms with van der Waals surface area (Å²) in [6.07, 6.45) is 5.11. The summed E-state index contributed by atoms with van der Waals surface area (Å²) in [6.45, 7) is 25.5. The van der Waals surface area contributed by atoms with E-state index in [0.717, 1.165) is 0 Å². The maximum absolute atomic E-state index is 13.5. The highest BCUT2D eigenvalue weighted by atomic mass is 16.6. The van der Waals surface area contributed by atoms with Crippen LogP contribution in [0.2, 0.25) is 0 Å². The van der Waals surface area contributed by atoms with Crippen LogP contribution >= 0.6 is 0 Å². The van der Waals surface area contributed by atoms with E-state index in [1.54, 1.807) is 54.5 Å². The van der Waals surface area contributed by atoms with Gasteiger partial charge in [-0.3, -0.25) is 28.8 Å². The van der Waals surface area contributed by atoms with Crippen LogP contribution in [0, 0.1) is 35.5 Å². The van der Waals surface area contributed by atoms with Crippen LogP contribution in [-0.2, 0) is 76.3 Å². The summed E-state index contributed by atoms with van der Waals surface area (Å²) in [5.74, 6) is -9.62. The van der Waals surface area contributed by atoms with Gasteiger partial charge in [-0.15, -0.1) is 0 Å². The van der Waals surface area contributed by atoms with Crippen LogP contribution in [0.25, 0.3) is 0 Å². The Hall–Kier alpha value is -4.76. The van der Waals surface area contributed by atoms with Gasteiger partial charge in [-0.25, -0.2) is 9.59 Å². The Labute approximate surface area is 391 Å². The van der Waals surface area contributed by atoms with E-state index in [0.29, 0.717) is 38.5 Å². The maximum Gasteiger partial charge on any atom is 0.333 e. The molecule has 0 N–H and O–H groups in total. The summed E-state index contributed by atoms with van der Waals surface area (Å²) >= 11 is 0. The number of carbonyl (C=O) groups is 8. The molecule has 2 aliphatic carbocycles. The lowest BCUT2D eigenvalue weighted by Crippen LogP contribution is -2.43. The molecule has 2 aliphatic rings. The van der Waals surface area contributed by atoms with Crippen molar-refractivity contribution in [2.24, 2.45) is 35.5 Å². The highest BCUT2D eigenvalue weighted by Crippen LogP contribution is 2.40. The molecule has 0 bridgehead atoms. The van der Waals surface area contributed by atoms with E-state index < -0.39 is 106 Å². The fourth-order valence-corrected chi connectivity index (χ4v) is 7.25. The molecular formula is C50H78O16. The van der Waals surface area contributed by atoms with Gasteiger partial charge < -0.3 is 37.9 Å². The fraction of sp³-hybridized carbons (Fsp3) is 0.760. The quantitative estimate of drug-likeness (QED) is 0.0388. The third-order valence-electron chi connectivity index (χ3n) is 12.6. The molecule has 16 heteroatoms. The average molecular weight is 935 g/mol. The van der Waals surface area contributed by atoms with Gasteiger partial charge in [-0.2, -0.15) is 0 Å². The molecule has 0 aliphatic heterocycles. The van der Waals surface area contributed by atoms with Crippen LogP contribution in [0.3, 0.4) is 0 Å². The van der Waals surface area contributed by atoms with Crippen LogP contribution in [0.5, 0.6) is 0 Å². The highest BCUT2D eigenvalue weighted by molar-refractivity contribution is 5.88. The largest absolute Gasteiger partial charge is 0.462 e. The topological polar surface area (TPSA) is 210 Å². The third-order valence-corrected chi connectivity index (χ3v) is 12.6. The predicted molar refractivity (Wildman–Crippen MR) is 242 cm³/mol. The summed E-state index contributed by atoms with van der Waals surface area (Å²) in [5, 5.41) is 0. The molecule has 0 aromatic rings. The number of allylic oxidation sites excluding steroid dienone is 1. The molecule has 0 amide bonds. The van der Waals surface area contributed by atoms with E-state index in [2.05, 4.69) is 6.58 Å². The fourth-order valence-electron chi connectivity index (χ4n) is 7.25. The van der Waals surface area contributed by atoms with Gasteiger partial charge >= 0.3 is 47.8 Å². The lowest BCUT2D eigenvalue weighted by molar-refractivity contribution is -0.177. The normalized spacial score (nSPS) is 21.6. The lowest BCUT2D eigenvalue weighted by Gasteiger charge is -2.36. The molecule has 2 fully saturated rings. The molecule has 16 nitrogen and oxygen atoms in total. The second-order valence-corrected chi connectivity index (χ2v) is 20.0. The van der Waals surface area contributed by atoms with E-state index >= 15 is 0 Å². The molecular weight excluding hydrogens is 857 g/mol. The average Bonchev–Trinajstić information content (AvgIpc) is 3.24. The SMILES string of the molecule is C=C(C)C(=O)OCCOC(=O)C1CCC(C(=O)OC(C)(C)CC/C=C(\C)C(=O)OCCOC(=O)C2CC(C(=O)OC(C)(C)CC)CCC2C(=O)OC(C)(C)CC)CC1C(=O)OC(C)(C)CC. The van der Waals surface area contributed by atoms with E-state index in [1.165, 1.54) is 6.92 Å². The molecule has 2 rings (SSSR count). The van der Waals surface area contributed by atoms with Crippen molar-refractivity contribution in [3.8, 4) is 0 Å². The standard InChI is InChI=1S/C50H78O16/c1-15-47(7,8)63-41(53)33-21-23-36(45(57)65-48(9,10)16-2)37(29-33)44(56)62-28-26-60-40(52)32(6)19-18-24-50(13,14)64-42(54)34-20-22-35(38(30-34)46(58)66-49(11,12)17-3)43(55)61-27-25-59-39(51)31(4)5/h19,33-38H,4,15-18,20-30H2,1-3,5-14H3/b32-19+. The first kappa shape index (κ1) is 57.4. The molecule has 2 saturated carbocycles. The van der Waals surface area contributed by atoms with Crippen LogP contribution in [0.1, 0.15) is 161 Å². The van der Waals surface area contributed by atoms with Gasteiger partial charge in [0.05, 0.1) is 35.5 Å². The number of carbonyl (C=O) groups excluding carboxylic acids is 8. The number of hydrogen-bond acceptors (Lipinski definition) is 16. The number of hydrogen-bond donors (Lipinski definition) is 0. The second-order valence-electron chi connectivity index (χ2n) is 20.0. The second kappa shape index (κ2) is 25.4. The molecule has 6 atom stereocenters. The number of ether oxygens (including phenoxy) is 8. The van der Waals surface area contributed by atoms with Crippen molar-refractivity contribution < 1.29 is 76.3 Å². The van der Waals surface area contributed by atoms with Gasteiger partial charge in [0, 0.05) is 11.1 Å². The molecule has 0 aromatic carbocycles. The first-order valence-corrected chi connectivity index (χ1v) is 23.5. The molecule has 0 heterocycles. The number of rotatable bonds is 24. The van der Waals surface area contributed by atoms with Crippen molar-refractivity contribution >= 4 is 47.8 Å². The van der Waals surface area contributed by atoms with Crippen LogP contribution in [0.4, 0.5) is 0 Å². The van der Waals surface area contributed by atoms with Crippen molar-refractivity contribution in [2.45, 2.75) is 183 Å². The van der Waals surface area contributed by atoms with Gasteiger partial charge in [0.25, 0.3) is 0 Å². The molecule has 0 radical (unpaired) electrons. The van der Waals surface area contributed by atoms with E-state index in [9.17, 15) is 38.4 Å². The molecule has 0 aromatic heterocycles. The van der Waals surface area contributed by atoms with Gasteiger partial charge in [-0.05, 0) is 140 Å². The Morgan fingerprint density at radius 3 is 1.26 bits per heavy atom. The highest BCUT2D eigenvalue weighted by Gasteiger charge is 2.47. The van der Waals surface area contributed by atoms with Crippen molar-refractivity contribution in [3.05, 3.63) is 23.8 Å². The Kier molecular flexibility index (Phi) is 22.1. The zero-order valence-corrected chi connectivity index (χ0v) is 41.9. The Morgan fingerprint density at radius 1 is 0.470 bits per heavy atom. The van der Waals surface area contributed by atoms with E-state index in [-0.39, 0.29) is 69.7 Å². The van der Waals surface area contributed by atoms with Crippen molar-refractivity contribution in [1.82, 2.24) is 0 Å². The van der Waals surface area contributed by atoms with Crippen molar-refractivity contribution in [3.63, 3.8) is 0 Å². The number of esters is 8. The van der Waals surface area contributed by atoms with Gasteiger partial charge in [-0.1, -0.05) is 33.4 Å². The predicted octanol–water partition coefficient (Wildman–Crippen LogP) is 8.04. The Bertz CT molecular complexity index is 1770. The molecule has 0 spiro atoms. The third kappa shape index (κ3) is 18.9. The summed E-state index contributed by atoms with van der Waals surface area (Å²) in [7, 11) is 0. The summed E-state index contributed by atoms with van der Waals surface area (Å²) in [6, 6.07) is 0.